The molecule has 0 radical (unpaired) electrons. The van der Waals surface area contributed by atoms with E-state index in [1.165, 1.54) is 0 Å². The first-order chi connectivity index (χ1) is 7.16. The molecule has 15 heavy (non-hydrogen) atoms. The molecule has 0 saturated carbocycles. The Hall–Kier alpha value is -1.32. The molecule has 0 aliphatic carbocycles. The lowest BCUT2D eigenvalue weighted by Crippen LogP contribution is -1.91. The van der Waals surface area contributed by atoms with Gasteiger partial charge in [0.2, 0.25) is 0 Å². The average molecular weight is 240 g/mol. The summed E-state index contributed by atoms with van der Waals surface area (Å²) in [5.41, 5.74) is 7.28. The quantitative estimate of drug-likeness (QED) is 0.779. The Morgan fingerprint density at radius 2 is 1.87 bits per heavy atom. The molecule has 0 bridgehead atoms. The van der Waals surface area contributed by atoms with Gasteiger partial charge in [-0.15, -0.1) is 0 Å². The number of nitrogen functional groups attached to an aromatic ring is 1. The highest BCUT2D eigenvalue weighted by molar-refractivity contribution is 6.33. The first-order valence-corrected chi connectivity index (χ1v) is 4.95. The second kappa shape index (κ2) is 4.04. The topological polar surface area (TPSA) is 51.8 Å². The van der Waals surface area contributed by atoms with Gasteiger partial charge >= 0.3 is 0 Å². The molecule has 0 aliphatic heterocycles. The second-order valence-corrected chi connectivity index (χ2v) is 3.75. The Labute approximate surface area is 96.9 Å². The van der Waals surface area contributed by atoms with E-state index in [1.807, 2.05) is 6.07 Å². The molecule has 0 spiro atoms. The van der Waals surface area contributed by atoms with Crippen molar-refractivity contribution in [1.29, 1.82) is 0 Å². The Morgan fingerprint density at radius 3 is 2.53 bits per heavy atom. The Balaban J connectivity index is 2.50. The summed E-state index contributed by atoms with van der Waals surface area (Å²) in [5, 5.41) is 0.862. The van der Waals surface area contributed by atoms with E-state index in [1.54, 1.807) is 24.5 Å². The number of aromatic nitrogens is 2. The molecular formula is C10H7Cl2N3. The maximum absolute atomic E-state index is 5.87. The van der Waals surface area contributed by atoms with E-state index in [2.05, 4.69) is 9.97 Å². The summed E-state index contributed by atoms with van der Waals surface area (Å²) >= 11 is 11.6. The predicted octanol–water partition coefficient (Wildman–Crippen LogP) is 3.03. The SMILES string of the molecule is Nc1ncc(-c2ccnc(Cl)c2)cc1Cl. The molecular weight excluding hydrogens is 233 g/mol. The molecule has 76 valence electrons. The van der Waals surface area contributed by atoms with Crippen LogP contribution in [0, 0.1) is 0 Å². The number of rotatable bonds is 1. The van der Waals surface area contributed by atoms with Crippen LogP contribution in [0.25, 0.3) is 11.1 Å². The molecule has 2 aromatic heterocycles. The lowest BCUT2D eigenvalue weighted by atomic mass is 10.1. The van der Waals surface area contributed by atoms with Gasteiger partial charge in [-0.2, -0.15) is 0 Å². The molecule has 2 rings (SSSR count). The van der Waals surface area contributed by atoms with Gasteiger partial charge in [0.25, 0.3) is 0 Å². The van der Waals surface area contributed by atoms with Crippen molar-refractivity contribution in [2.75, 3.05) is 5.73 Å². The number of pyridine rings is 2. The zero-order valence-electron chi connectivity index (χ0n) is 7.61. The molecule has 2 heterocycles. The lowest BCUT2D eigenvalue weighted by molar-refractivity contribution is 1.31. The summed E-state index contributed by atoms with van der Waals surface area (Å²) < 4.78 is 0. The van der Waals surface area contributed by atoms with Crippen molar-refractivity contribution in [3.8, 4) is 11.1 Å². The van der Waals surface area contributed by atoms with Crippen molar-refractivity contribution in [2.45, 2.75) is 0 Å². The van der Waals surface area contributed by atoms with Crippen molar-refractivity contribution in [2.24, 2.45) is 0 Å². The number of hydrogen-bond acceptors (Lipinski definition) is 3. The van der Waals surface area contributed by atoms with E-state index >= 15 is 0 Å². The van der Waals surface area contributed by atoms with Crippen molar-refractivity contribution < 1.29 is 0 Å². The molecule has 0 unspecified atom stereocenters. The normalized spacial score (nSPS) is 10.3. The van der Waals surface area contributed by atoms with Crippen molar-refractivity contribution in [1.82, 2.24) is 9.97 Å². The van der Waals surface area contributed by atoms with Crippen LogP contribution in [0.3, 0.4) is 0 Å². The molecule has 0 amide bonds. The molecule has 0 fully saturated rings. The predicted molar refractivity (Wildman–Crippen MR) is 61.9 cm³/mol. The van der Waals surface area contributed by atoms with Gasteiger partial charge in [-0.25, -0.2) is 9.97 Å². The van der Waals surface area contributed by atoms with E-state index in [4.69, 9.17) is 28.9 Å². The van der Waals surface area contributed by atoms with Gasteiger partial charge < -0.3 is 5.73 Å². The van der Waals surface area contributed by atoms with Crippen molar-refractivity contribution in [3.63, 3.8) is 0 Å². The fourth-order valence-electron chi connectivity index (χ4n) is 1.19. The summed E-state index contributed by atoms with van der Waals surface area (Å²) in [6, 6.07) is 5.32. The number of nitrogens with zero attached hydrogens (tertiary/aromatic N) is 2. The average Bonchev–Trinajstić information content (AvgIpc) is 2.22. The summed E-state index contributed by atoms with van der Waals surface area (Å²) in [4.78, 5) is 7.86. The highest BCUT2D eigenvalue weighted by Crippen LogP contribution is 2.25. The van der Waals surface area contributed by atoms with Gasteiger partial charge in [-0.05, 0) is 23.8 Å². The number of nitrogens with two attached hydrogens (primary N) is 1. The fraction of sp³-hybridized carbons (Fsp3) is 0. The summed E-state index contributed by atoms with van der Waals surface area (Å²) in [7, 11) is 0. The molecule has 0 atom stereocenters. The minimum absolute atomic E-state index is 0.320. The Morgan fingerprint density at radius 1 is 1.07 bits per heavy atom. The standard InChI is InChI=1S/C10H7Cl2N3/c11-8-3-7(5-15-10(8)13)6-1-2-14-9(12)4-6/h1-5H,(H2,13,15). The first-order valence-electron chi connectivity index (χ1n) is 4.20. The van der Waals surface area contributed by atoms with Gasteiger partial charge in [0.05, 0.1) is 5.02 Å². The molecule has 0 aromatic carbocycles. The van der Waals surface area contributed by atoms with Gasteiger partial charge in [-0.3, -0.25) is 0 Å². The van der Waals surface area contributed by atoms with Gasteiger partial charge in [0.15, 0.2) is 0 Å². The third kappa shape index (κ3) is 2.19. The lowest BCUT2D eigenvalue weighted by Gasteiger charge is -2.03. The first kappa shape index (κ1) is 10.2. The third-order valence-electron chi connectivity index (χ3n) is 1.93. The monoisotopic (exact) mass is 239 g/mol. The third-order valence-corrected chi connectivity index (χ3v) is 2.44. The Kier molecular flexibility index (Phi) is 2.75. The molecule has 0 aliphatic rings. The number of anilines is 1. The van der Waals surface area contributed by atoms with E-state index in [0.29, 0.717) is 16.0 Å². The zero-order chi connectivity index (χ0) is 10.8. The zero-order valence-corrected chi connectivity index (χ0v) is 9.13. The second-order valence-electron chi connectivity index (χ2n) is 2.96. The van der Waals surface area contributed by atoms with Crippen molar-refractivity contribution >= 4 is 29.0 Å². The van der Waals surface area contributed by atoms with Crippen LogP contribution in [0.2, 0.25) is 10.2 Å². The Bertz CT molecular complexity index is 500. The van der Waals surface area contributed by atoms with Crippen LogP contribution in [-0.4, -0.2) is 9.97 Å². The van der Waals surface area contributed by atoms with Gasteiger partial charge in [0.1, 0.15) is 11.0 Å². The number of halogens is 2. The summed E-state index contributed by atoms with van der Waals surface area (Å²) in [6.45, 7) is 0. The molecule has 3 nitrogen and oxygen atoms in total. The number of hydrogen-bond donors (Lipinski definition) is 1. The van der Waals surface area contributed by atoms with Crippen LogP contribution in [0.5, 0.6) is 0 Å². The highest BCUT2D eigenvalue weighted by atomic mass is 35.5. The van der Waals surface area contributed by atoms with E-state index in [9.17, 15) is 0 Å². The molecule has 2 N–H and O–H groups in total. The van der Waals surface area contributed by atoms with E-state index < -0.39 is 0 Å². The fourth-order valence-corrected chi connectivity index (χ4v) is 1.53. The molecule has 5 heteroatoms. The van der Waals surface area contributed by atoms with Crippen LogP contribution >= 0.6 is 23.2 Å². The van der Waals surface area contributed by atoms with E-state index in [-0.39, 0.29) is 0 Å². The van der Waals surface area contributed by atoms with Crippen LogP contribution in [0.1, 0.15) is 0 Å². The van der Waals surface area contributed by atoms with Crippen LogP contribution in [-0.2, 0) is 0 Å². The summed E-state index contributed by atoms with van der Waals surface area (Å²) in [5.74, 6) is 0.320. The maximum atomic E-state index is 5.87. The smallest absolute Gasteiger partial charge is 0.142 e. The maximum Gasteiger partial charge on any atom is 0.142 e. The molecule has 2 aromatic rings. The minimum Gasteiger partial charge on any atom is -0.382 e. The van der Waals surface area contributed by atoms with E-state index in [0.717, 1.165) is 11.1 Å². The summed E-state index contributed by atoms with van der Waals surface area (Å²) in [6.07, 6.45) is 3.27. The molecule has 0 saturated heterocycles. The van der Waals surface area contributed by atoms with Gasteiger partial charge in [-0.1, -0.05) is 23.2 Å². The van der Waals surface area contributed by atoms with Crippen LogP contribution < -0.4 is 5.73 Å². The van der Waals surface area contributed by atoms with Crippen LogP contribution in [0.15, 0.2) is 30.6 Å². The highest BCUT2D eigenvalue weighted by Gasteiger charge is 2.03. The minimum atomic E-state index is 0.320. The van der Waals surface area contributed by atoms with Crippen LogP contribution in [0.4, 0.5) is 5.82 Å². The van der Waals surface area contributed by atoms with Gasteiger partial charge in [0, 0.05) is 18.0 Å². The largest absolute Gasteiger partial charge is 0.382 e. The van der Waals surface area contributed by atoms with Crippen molar-refractivity contribution in [3.05, 3.63) is 40.8 Å².